The fourth-order valence-corrected chi connectivity index (χ4v) is 2.00. The van der Waals surface area contributed by atoms with Crippen LogP contribution in [0.2, 0.25) is 0 Å². The van der Waals surface area contributed by atoms with Crippen LogP contribution in [0.3, 0.4) is 0 Å². The minimum Gasteiger partial charge on any atom is -0.508 e. The van der Waals surface area contributed by atoms with Crippen LogP contribution < -0.4 is 5.63 Å². The normalized spacial score (nSPS) is 12.1. The van der Waals surface area contributed by atoms with Crippen molar-refractivity contribution in [2.45, 2.75) is 0 Å². The lowest BCUT2D eigenvalue weighted by molar-refractivity contribution is 0.437. The largest absolute Gasteiger partial charge is 0.508 e. The van der Waals surface area contributed by atoms with Crippen molar-refractivity contribution in [2.75, 3.05) is 0 Å². The summed E-state index contributed by atoms with van der Waals surface area (Å²) in [4.78, 5) is 16.0. The van der Waals surface area contributed by atoms with E-state index in [9.17, 15) is 14.3 Å². The molecule has 0 spiro atoms. The Balaban J connectivity index is 1.89. The zero-order valence-corrected chi connectivity index (χ0v) is 11.9. The number of aromatic nitrogens is 1. The van der Waals surface area contributed by atoms with Crippen molar-refractivity contribution in [3.8, 4) is 0 Å². The van der Waals surface area contributed by atoms with E-state index in [0.717, 1.165) is 0 Å². The molecule has 4 nitrogen and oxygen atoms in total. The number of aliphatic hydroxyl groups is 1. The summed E-state index contributed by atoms with van der Waals surface area (Å²) in [6, 6.07) is 12.7. The molecule has 114 valence electrons. The molecule has 0 aliphatic carbocycles. The summed E-state index contributed by atoms with van der Waals surface area (Å²) in [6.07, 6.45) is 4.20. The van der Waals surface area contributed by atoms with Gasteiger partial charge in [-0.05, 0) is 35.9 Å². The van der Waals surface area contributed by atoms with Crippen LogP contribution in [0.1, 0.15) is 11.3 Å². The molecule has 1 aromatic heterocycles. The van der Waals surface area contributed by atoms with E-state index < -0.39 is 5.63 Å². The van der Waals surface area contributed by atoms with Crippen molar-refractivity contribution in [3.63, 3.8) is 0 Å². The first-order chi connectivity index (χ1) is 11.1. The number of para-hydroxylation sites is 2. The lowest BCUT2D eigenvalue weighted by Crippen LogP contribution is -2.06. The van der Waals surface area contributed by atoms with Gasteiger partial charge in [0.2, 0.25) is 0 Å². The van der Waals surface area contributed by atoms with E-state index in [0.29, 0.717) is 16.7 Å². The van der Waals surface area contributed by atoms with Crippen LogP contribution in [-0.2, 0) is 0 Å². The molecule has 0 amide bonds. The van der Waals surface area contributed by atoms with Gasteiger partial charge in [-0.2, -0.15) is 0 Å². The van der Waals surface area contributed by atoms with E-state index in [1.165, 1.54) is 24.3 Å². The van der Waals surface area contributed by atoms with Gasteiger partial charge in [0.25, 0.3) is 0 Å². The summed E-state index contributed by atoms with van der Waals surface area (Å²) < 4.78 is 17.9. The summed E-state index contributed by atoms with van der Waals surface area (Å²) >= 11 is 0. The lowest BCUT2D eigenvalue weighted by atomic mass is 10.2. The molecule has 0 unspecified atom stereocenters. The van der Waals surface area contributed by atoms with Crippen molar-refractivity contribution in [3.05, 3.63) is 87.9 Å². The molecule has 3 rings (SSSR count). The molecule has 0 aliphatic heterocycles. The summed E-state index contributed by atoms with van der Waals surface area (Å²) in [5, 5.41) is 9.89. The molecule has 23 heavy (non-hydrogen) atoms. The zero-order chi connectivity index (χ0) is 16.2. The highest BCUT2D eigenvalue weighted by Gasteiger charge is 2.05. The lowest BCUT2D eigenvalue weighted by Gasteiger charge is -1.97. The molecule has 1 heterocycles. The first kappa shape index (κ1) is 14.7. The molecule has 0 fully saturated rings. The van der Waals surface area contributed by atoms with Gasteiger partial charge in [-0.15, -0.1) is 0 Å². The van der Waals surface area contributed by atoms with Crippen LogP contribution in [0.4, 0.5) is 4.39 Å². The van der Waals surface area contributed by atoms with Gasteiger partial charge in [0, 0.05) is 6.08 Å². The van der Waals surface area contributed by atoms with Gasteiger partial charge in [0.1, 0.15) is 17.1 Å². The standard InChI is InChI=1S/C18H12FNO3/c19-13-8-5-12(6-9-13)7-10-14(21)11-16-18(22)23-17-4-2-1-3-15(17)20-16/h1-11,21H/b10-7?,14-11-. The van der Waals surface area contributed by atoms with Crippen LogP contribution in [-0.4, -0.2) is 10.1 Å². The number of hydrogen-bond acceptors (Lipinski definition) is 4. The molecule has 0 atom stereocenters. The Labute approximate surface area is 130 Å². The Morgan fingerprint density at radius 3 is 2.65 bits per heavy atom. The van der Waals surface area contributed by atoms with Crippen LogP contribution in [0.15, 0.2) is 69.6 Å². The number of hydrogen-bond donors (Lipinski definition) is 1. The number of allylic oxidation sites excluding steroid dienone is 1. The molecule has 1 N–H and O–H groups in total. The van der Waals surface area contributed by atoms with Gasteiger partial charge >= 0.3 is 5.63 Å². The van der Waals surface area contributed by atoms with Crippen LogP contribution >= 0.6 is 0 Å². The number of fused-ring (bicyclic) bond motifs is 1. The second-order valence-electron chi connectivity index (χ2n) is 4.81. The van der Waals surface area contributed by atoms with Crippen molar-refractivity contribution in [1.29, 1.82) is 0 Å². The van der Waals surface area contributed by atoms with Crippen molar-refractivity contribution in [1.82, 2.24) is 4.98 Å². The third-order valence-electron chi connectivity index (χ3n) is 3.12. The third-order valence-corrected chi connectivity index (χ3v) is 3.12. The molecule has 0 aliphatic rings. The van der Waals surface area contributed by atoms with E-state index in [1.807, 2.05) is 0 Å². The fraction of sp³-hybridized carbons (Fsp3) is 0. The predicted octanol–water partition coefficient (Wildman–Crippen LogP) is 3.94. The Morgan fingerprint density at radius 2 is 1.87 bits per heavy atom. The quantitative estimate of drug-likeness (QED) is 0.588. The van der Waals surface area contributed by atoms with Gasteiger partial charge in [-0.1, -0.05) is 30.3 Å². The molecule has 3 aromatic rings. The molecule has 5 heteroatoms. The van der Waals surface area contributed by atoms with E-state index in [4.69, 9.17) is 4.42 Å². The van der Waals surface area contributed by atoms with E-state index in [1.54, 1.807) is 42.5 Å². The molecule has 2 aromatic carbocycles. The predicted molar refractivity (Wildman–Crippen MR) is 86.3 cm³/mol. The second-order valence-corrected chi connectivity index (χ2v) is 4.81. The van der Waals surface area contributed by atoms with Crippen molar-refractivity contribution < 1.29 is 13.9 Å². The molecular weight excluding hydrogens is 297 g/mol. The SMILES string of the molecule is O=c1oc2ccccc2nc1/C=C(\O)C=Cc1ccc(F)cc1. The highest BCUT2D eigenvalue weighted by Crippen LogP contribution is 2.11. The topological polar surface area (TPSA) is 63.3 Å². The van der Waals surface area contributed by atoms with Gasteiger partial charge in [-0.3, -0.25) is 0 Å². The molecule has 0 bridgehead atoms. The molecular formula is C18H12FNO3. The Kier molecular flexibility index (Phi) is 4.01. The Bertz CT molecular complexity index is 956. The number of halogens is 1. The second kappa shape index (κ2) is 6.27. The van der Waals surface area contributed by atoms with E-state index in [2.05, 4.69) is 4.98 Å². The van der Waals surface area contributed by atoms with Gasteiger partial charge < -0.3 is 9.52 Å². The van der Waals surface area contributed by atoms with E-state index in [-0.39, 0.29) is 17.3 Å². The van der Waals surface area contributed by atoms with Crippen LogP contribution in [0.5, 0.6) is 0 Å². The minimum atomic E-state index is -0.634. The summed E-state index contributed by atoms with van der Waals surface area (Å²) in [6.45, 7) is 0. The molecule has 0 saturated carbocycles. The smallest absolute Gasteiger partial charge is 0.362 e. The highest BCUT2D eigenvalue weighted by atomic mass is 19.1. The third kappa shape index (κ3) is 3.52. The minimum absolute atomic E-state index is 0.00459. The average molecular weight is 309 g/mol. The Hall–Kier alpha value is -3.21. The van der Waals surface area contributed by atoms with Crippen molar-refractivity contribution in [2.24, 2.45) is 0 Å². The fourth-order valence-electron chi connectivity index (χ4n) is 2.00. The number of rotatable bonds is 3. The van der Waals surface area contributed by atoms with Crippen LogP contribution in [0.25, 0.3) is 23.3 Å². The summed E-state index contributed by atoms with van der Waals surface area (Å²) in [7, 11) is 0. The average Bonchev–Trinajstić information content (AvgIpc) is 2.55. The van der Waals surface area contributed by atoms with Gasteiger partial charge in [0.15, 0.2) is 11.3 Å². The van der Waals surface area contributed by atoms with Crippen molar-refractivity contribution >= 4 is 23.3 Å². The molecule has 0 radical (unpaired) electrons. The maximum Gasteiger partial charge on any atom is 0.362 e. The van der Waals surface area contributed by atoms with Gasteiger partial charge in [0.05, 0.1) is 0 Å². The number of benzene rings is 2. The maximum atomic E-state index is 12.8. The Morgan fingerprint density at radius 1 is 1.13 bits per heavy atom. The van der Waals surface area contributed by atoms with Gasteiger partial charge in [-0.25, -0.2) is 14.2 Å². The first-order valence-electron chi connectivity index (χ1n) is 6.86. The van der Waals surface area contributed by atoms with Crippen LogP contribution in [0, 0.1) is 5.82 Å². The maximum absolute atomic E-state index is 12.8. The molecule has 0 saturated heterocycles. The first-order valence-corrected chi connectivity index (χ1v) is 6.86. The number of aliphatic hydroxyl groups excluding tert-OH is 1. The summed E-state index contributed by atoms with van der Waals surface area (Å²) in [5.41, 5.74) is 0.991. The highest BCUT2D eigenvalue weighted by molar-refractivity contribution is 5.72. The number of nitrogens with zero attached hydrogens (tertiary/aromatic N) is 1. The zero-order valence-electron chi connectivity index (χ0n) is 11.9. The summed E-state index contributed by atoms with van der Waals surface area (Å²) in [5.74, 6) is -0.496. The van der Waals surface area contributed by atoms with E-state index >= 15 is 0 Å². The monoisotopic (exact) mass is 309 g/mol.